The van der Waals surface area contributed by atoms with Gasteiger partial charge in [0, 0.05) is 17.5 Å². The van der Waals surface area contributed by atoms with Crippen LogP contribution in [0.1, 0.15) is 10.4 Å². The van der Waals surface area contributed by atoms with Gasteiger partial charge in [0.15, 0.2) is 11.0 Å². The van der Waals surface area contributed by atoms with Gasteiger partial charge in [0.2, 0.25) is 0 Å². The average molecular weight is 425 g/mol. The van der Waals surface area contributed by atoms with Crippen LogP contribution >= 0.6 is 28.7 Å². The maximum Gasteiger partial charge on any atom is 0.185 e. The summed E-state index contributed by atoms with van der Waals surface area (Å²) in [6, 6.07) is 13.8. The third kappa shape index (κ3) is 4.61. The fourth-order valence-electron chi connectivity index (χ4n) is 2.44. The van der Waals surface area contributed by atoms with E-state index in [1.807, 2.05) is 35.2 Å². The van der Waals surface area contributed by atoms with Gasteiger partial charge in [0.1, 0.15) is 11.6 Å². The van der Waals surface area contributed by atoms with Gasteiger partial charge in [-0.25, -0.2) is 4.39 Å². The van der Waals surface area contributed by atoms with Crippen molar-refractivity contribution in [1.29, 1.82) is 0 Å². The van der Waals surface area contributed by atoms with E-state index in [4.69, 9.17) is 4.74 Å². The lowest BCUT2D eigenvalue weighted by Gasteiger charge is -2.23. The molecule has 25 heavy (non-hydrogen) atoms. The lowest BCUT2D eigenvalue weighted by Crippen LogP contribution is -2.33. The Morgan fingerprint density at radius 3 is 2.64 bits per heavy atom. The largest absolute Gasteiger partial charge is 0.497 e. The number of benzene rings is 2. The predicted molar refractivity (Wildman–Crippen MR) is 106 cm³/mol. The van der Waals surface area contributed by atoms with E-state index in [1.54, 1.807) is 17.8 Å². The number of thioether (sulfide) groups is 1. The minimum absolute atomic E-state index is 0. The Balaban J connectivity index is 0.00000225. The second-order valence-corrected chi connectivity index (χ2v) is 6.27. The van der Waals surface area contributed by atoms with Gasteiger partial charge < -0.3 is 9.64 Å². The Labute approximate surface area is 160 Å². The average Bonchev–Trinajstić information content (AvgIpc) is 3.14. The van der Waals surface area contributed by atoms with Crippen LogP contribution < -0.4 is 9.64 Å². The maximum atomic E-state index is 14.2. The lowest BCUT2D eigenvalue weighted by atomic mass is 10.1. The minimum atomic E-state index is -0.576. The molecule has 132 valence electrons. The fourth-order valence-corrected chi connectivity index (χ4v) is 3.32. The third-order valence-corrected chi connectivity index (χ3v) is 4.64. The molecule has 1 heterocycles. The van der Waals surface area contributed by atoms with E-state index >= 15 is 0 Å². The SMILES string of the molecule is Br.COc1ccc(C(=O)CN(C2=NCCS2)c2ccccc2)c(F)c1. The van der Waals surface area contributed by atoms with Crippen molar-refractivity contribution in [3.8, 4) is 5.75 Å². The Morgan fingerprint density at radius 1 is 1.28 bits per heavy atom. The van der Waals surface area contributed by atoms with Crippen molar-refractivity contribution in [3.63, 3.8) is 0 Å². The van der Waals surface area contributed by atoms with E-state index in [9.17, 15) is 9.18 Å². The molecular weight excluding hydrogens is 407 g/mol. The van der Waals surface area contributed by atoms with Gasteiger partial charge >= 0.3 is 0 Å². The maximum absolute atomic E-state index is 14.2. The number of nitrogens with zero attached hydrogens (tertiary/aromatic N) is 2. The Hall–Kier alpha value is -1.86. The number of amidine groups is 1. The summed E-state index contributed by atoms with van der Waals surface area (Å²) in [4.78, 5) is 18.9. The number of hydrogen-bond donors (Lipinski definition) is 0. The number of ether oxygens (including phenoxy) is 1. The molecule has 1 aliphatic rings. The standard InChI is InChI=1S/C18H17FN2O2S.BrH/c1-23-14-7-8-15(16(19)11-14)17(22)12-21(18-20-9-10-24-18)13-5-3-2-4-6-13;/h2-8,11H,9-10,12H2,1H3;1H. The highest BCUT2D eigenvalue weighted by Gasteiger charge is 2.22. The molecule has 0 atom stereocenters. The second-order valence-electron chi connectivity index (χ2n) is 5.20. The summed E-state index contributed by atoms with van der Waals surface area (Å²) in [7, 11) is 1.46. The van der Waals surface area contributed by atoms with Gasteiger partial charge in [-0.1, -0.05) is 30.0 Å². The summed E-state index contributed by atoms with van der Waals surface area (Å²) >= 11 is 1.60. The van der Waals surface area contributed by atoms with Gasteiger partial charge in [0.25, 0.3) is 0 Å². The van der Waals surface area contributed by atoms with Gasteiger partial charge in [-0.05, 0) is 24.3 Å². The lowest BCUT2D eigenvalue weighted by molar-refractivity contribution is 0.0998. The quantitative estimate of drug-likeness (QED) is 0.674. The normalized spacial score (nSPS) is 13.0. The molecule has 0 fully saturated rings. The van der Waals surface area contributed by atoms with E-state index in [-0.39, 0.29) is 34.9 Å². The second kappa shape index (κ2) is 9.01. The molecule has 2 aromatic rings. The van der Waals surface area contributed by atoms with Crippen molar-refractivity contribution in [2.24, 2.45) is 4.99 Å². The van der Waals surface area contributed by atoms with Crippen LogP contribution in [-0.4, -0.2) is 36.9 Å². The smallest absolute Gasteiger partial charge is 0.185 e. The number of ketones is 1. The Bertz CT molecular complexity index is 771. The van der Waals surface area contributed by atoms with Gasteiger partial charge in [-0.15, -0.1) is 17.0 Å². The van der Waals surface area contributed by atoms with Crippen LogP contribution in [0.2, 0.25) is 0 Å². The predicted octanol–water partition coefficient (Wildman–Crippen LogP) is 4.20. The molecule has 2 aromatic carbocycles. The van der Waals surface area contributed by atoms with E-state index in [0.717, 1.165) is 23.2 Å². The zero-order chi connectivity index (χ0) is 16.9. The molecule has 0 amide bonds. The fraction of sp³-hybridized carbons (Fsp3) is 0.222. The molecule has 0 unspecified atom stereocenters. The summed E-state index contributed by atoms with van der Waals surface area (Å²) in [6.07, 6.45) is 0. The van der Waals surface area contributed by atoms with Crippen LogP contribution in [0, 0.1) is 5.82 Å². The first-order chi connectivity index (χ1) is 11.7. The van der Waals surface area contributed by atoms with Gasteiger partial charge in [-0.2, -0.15) is 0 Å². The molecule has 0 saturated heterocycles. The van der Waals surface area contributed by atoms with Gasteiger partial charge in [0.05, 0.1) is 25.8 Å². The number of Topliss-reactive ketones (excluding diaryl/α,β-unsaturated/α-hetero) is 1. The van der Waals surface area contributed by atoms with Crippen LogP contribution in [0.25, 0.3) is 0 Å². The molecule has 0 saturated carbocycles. The van der Waals surface area contributed by atoms with Crippen LogP contribution in [0.15, 0.2) is 53.5 Å². The molecule has 0 N–H and O–H groups in total. The number of aliphatic imine (C=N–C) groups is 1. The first-order valence-electron chi connectivity index (χ1n) is 7.55. The molecule has 0 spiro atoms. The summed E-state index contributed by atoms with van der Waals surface area (Å²) in [5.41, 5.74) is 0.924. The number of carbonyl (C=O) groups excluding carboxylic acids is 1. The van der Waals surface area contributed by atoms with Crippen LogP contribution in [0.3, 0.4) is 0 Å². The zero-order valence-electron chi connectivity index (χ0n) is 13.6. The zero-order valence-corrected chi connectivity index (χ0v) is 16.2. The van der Waals surface area contributed by atoms with Crippen molar-refractivity contribution in [3.05, 3.63) is 59.9 Å². The van der Waals surface area contributed by atoms with E-state index in [1.165, 1.54) is 19.2 Å². The van der Waals surface area contributed by atoms with Crippen LogP contribution in [0.4, 0.5) is 10.1 Å². The molecular formula is C18H18BrFN2O2S. The number of carbonyl (C=O) groups is 1. The van der Waals surface area contributed by atoms with E-state index in [2.05, 4.69) is 4.99 Å². The molecule has 1 aliphatic heterocycles. The van der Waals surface area contributed by atoms with Crippen LogP contribution in [-0.2, 0) is 0 Å². The molecule has 0 bridgehead atoms. The summed E-state index contributed by atoms with van der Waals surface area (Å²) in [5.74, 6) is 0.409. The molecule has 0 aliphatic carbocycles. The van der Waals surface area contributed by atoms with E-state index < -0.39 is 5.82 Å². The van der Waals surface area contributed by atoms with E-state index in [0.29, 0.717) is 5.75 Å². The van der Waals surface area contributed by atoms with Crippen molar-refractivity contribution >= 4 is 45.4 Å². The number of rotatable bonds is 5. The van der Waals surface area contributed by atoms with Crippen molar-refractivity contribution in [2.45, 2.75) is 0 Å². The highest BCUT2D eigenvalue weighted by Crippen LogP contribution is 2.24. The number of methoxy groups -OCH3 is 1. The molecule has 0 aromatic heterocycles. The number of para-hydroxylation sites is 1. The highest BCUT2D eigenvalue weighted by molar-refractivity contribution is 8.93. The number of hydrogen-bond acceptors (Lipinski definition) is 5. The Kier molecular flexibility index (Phi) is 7.01. The summed E-state index contributed by atoms with van der Waals surface area (Å²) in [5, 5.41) is 0.795. The molecule has 7 heteroatoms. The number of anilines is 1. The minimum Gasteiger partial charge on any atom is -0.497 e. The van der Waals surface area contributed by atoms with Crippen molar-refractivity contribution in [1.82, 2.24) is 0 Å². The monoisotopic (exact) mass is 424 g/mol. The summed E-state index contributed by atoms with van der Waals surface area (Å²) in [6.45, 7) is 0.771. The Morgan fingerprint density at radius 2 is 2.04 bits per heavy atom. The summed E-state index contributed by atoms with van der Waals surface area (Å²) < 4.78 is 19.1. The topological polar surface area (TPSA) is 41.9 Å². The highest BCUT2D eigenvalue weighted by atomic mass is 79.9. The van der Waals surface area contributed by atoms with Crippen LogP contribution in [0.5, 0.6) is 5.75 Å². The third-order valence-electron chi connectivity index (χ3n) is 3.65. The first kappa shape index (κ1) is 19.5. The van der Waals surface area contributed by atoms with Crippen molar-refractivity contribution in [2.75, 3.05) is 30.9 Å². The van der Waals surface area contributed by atoms with Gasteiger partial charge in [-0.3, -0.25) is 9.79 Å². The van der Waals surface area contributed by atoms with Crippen molar-refractivity contribution < 1.29 is 13.9 Å². The number of halogens is 2. The first-order valence-corrected chi connectivity index (χ1v) is 8.54. The molecule has 0 radical (unpaired) electrons. The molecule has 3 rings (SSSR count). The molecule has 4 nitrogen and oxygen atoms in total.